The zero-order valence-electron chi connectivity index (χ0n) is 18.1. The van der Waals surface area contributed by atoms with Gasteiger partial charge in [0.25, 0.3) is 5.92 Å². The third kappa shape index (κ3) is 5.96. The van der Waals surface area contributed by atoms with Crippen LogP contribution in [0.5, 0.6) is 6.01 Å². The van der Waals surface area contributed by atoms with Gasteiger partial charge in [0.1, 0.15) is 18.1 Å². The molecular formula is C22H28F2N6O. The van der Waals surface area contributed by atoms with Crippen molar-refractivity contribution < 1.29 is 13.5 Å². The molecule has 2 aromatic rings. The van der Waals surface area contributed by atoms with E-state index in [2.05, 4.69) is 38.8 Å². The minimum Gasteiger partial charge on any atom is -0.457 e. The van der Waals surface area contributed by atoms with Crippen molar-refractivity contribution in [1.82, 2.24) is 9.97 Å². The first-order chi connectivity index (χ1) is 14.7. The number of hydrazone groups is 1. The summed E-state index contributed by atoms with van der Waals surface area (Å²) < 4.78 is 32.6. The maximum absolute atomic E-state index is 13.5. The van der Waals surface area contributed by atoms with Gasteiger partial charge in [-0.05, 0) is 36.5 Å². The first kappa shape index (κ1) is 22.6. The lowest BCUT2D eigenvalue weighted by Gasteiger charge is -2.23. The van der Waals surface area contributed by atoms with E-state index in [-0.39, 0.29) is 18.2 Å². The van der Waals surface area contributed by atoms with Gasteiger partial charge in [-0.2, -0.15) is 10.1 Å². The third-order valence-corrected chi connectivity index (χ3v) is 5.58. The molecule has 166 valence electrons. The Hall–Kier alpha value is -3.10. The van der Waals surface area contributed by atoms with Gasteiger partial charge in [0.2, 0.25) is 0 Å². The van der Waals surface area contributed by atoms with Gasteiger partial charge in [0.15, 0.2) is 0 Å². The molecule has 0 saturated carbocycles. The number of benzene rings is 1. The van der Waals surface area contributed by atoms with Crippen LogP contribution in [0.3, 0.4) is 0 Å². The molecule has 1 saturated heterocycles. The topological polar surface area (TPSA) is 89.0 Å². The van der Waals surface area contributed by atoms with Crippen molar-refractivity contribution in [3.05, 3.63) is 42.1 Å². The van der Waals surface area contributed by atoms with Gasteiger partial charge >= 0.3 is 6.01 Å². The molecule has 1 aliphatic rings. The highest BCUT2D eigenvalue weighted by Gasteiger charge is 2.32. The molecule has 1 aromatic carbocycles. The highest BCUT2D eigenvalue weighted by molar-refractivity contribution is 6.31. The Bertz CT molecular complexity index is 959. The molecule has 1 fully saturated rings. The van der Waals surface area contributed by atoms with Crippen LogP contribution in [0.4, 0.5) is 20.3 Å². The summed E-state index contributed by atoms with van der Waals surface area (Å²) in [6.45, 7) is 7.22. The molecule has 0 unspecified atom stereocenters. The molecule has 2 N–H and O–H groups in total. The van der Waals surface area contributed by atoms with Crippen molar-refractivity contribution in [3.8, 4) is 6.01 Å². The molecule has 0 amide bonds. The third-order valence-electron chi connectivity index (χ3n) is 5.58. The molecule has 31 heavy (non-hydrogen) atoms. The Morgan fingerprint density at radius 2 is 2.19 bits per heavy atom. The number of halogens is 2. The SMILES string of the molecule is CC[C@]1(C)CCN(c2ccnc(OCC(C=Nc3cccc(C(C)(F)F)c3)=NN)n2)C1. The smallest absolute Gasteiger partial charge is 0.318 e. The number of nitrogens with two attached hydrogens (primary N) is 1. The highest BCUT2D eigenvalue weighted by atomic mass is 19.3. The Labute approximate surface area is 181 Å². The lowest BCUT2D eigenvalue weighted by Crippen LogP contribution is -2.25. The molecule has 0 radical (unpaired) electrons. The molecule has 7 nitrogen and oxygen atoms in total. The molecule has 1 aliphatic heterocycles. The normalized spacial score (nSPS) is 19.9. The van der Waals surface area contributed by atoms with Crippen LogP contribution < -0.4 is 15.5 Å². The van der Waals surface area contributed by atoms with Crippen LogP contribution in [-0.2, 0) is 5.92 Å². The summed E-state index contributed by atoms with van der Waals surface area (Å²) in [5, 5.41) is 3.65. The first-order valence-electron chi connectivity index (χ1n) is 10.2. The van der Waals surface area contributed by atoms with Crippen LogP contribution in [-0.4, -0.2) is 41.6 Å². The van der Waals surface area contributed by atoms with Crippen molar-refractivity contribution in [1.29, 1.82) is 0 Å². The van der Waals surface area contributed by atoms with Crippen LogP contribution in [0.2, 0.25) is 0 Å². The van der Waals surface area contributed by atoms with E-state index in [9.17, 15) is 8.78 Å². The maximum Gasteiger partial charge on any atom is 0.318 e. The average molecular weight is 431 g/mol. The number of anilines is 1. The Kier molecular flexibility index (Phi) is 6.82. The number of hydrogen-bond acceptors (Lipinski definition) is 7. The van der Waals surface area contributed by atoms with Crippen molar-refractivity contribution in [2.75, 3.05) is 24.6 Å². The van der Waals surface area contributed by atoms with E-state index >= 15 is 0 Å². The predicted molar refractivity (Wildman–Crippen MR) is 119 cm³/mol. The van der Waals surface area contributed by atoms with Crippen LogP contribution in [0.1, 0.15) is 39.2 Å². The minimum absolute atomic E-state index is 0.000241. The summed E-state index contributed by atoms with van der Waals surface area (Å²) in [6.07, 6.45) is 5.27. The maximum atomic E-state index is 13.5. The molecule has 0 spiro atoms. The standard InChI is InChI=1S/C22H28F2N6O/c1-4-21(2)9-11-30(15-21)19-8-10-26-20(28-19)31-14-18(29-25)13-27-17-7-5-6-16(12-17)22(3,23)24/h5-8,10,12-13H,4,9,11,14-15,25H2,1-3H3/t21-/m1/s1. The van der Waals surface area contributed by atoms with Crippen LogP contribution in [0.15, 0.2) is 46.6 Å². The minimum atomic E-state index is -2.94. The van der Waals surface area contributed by atoms with Gasteiger partial charge in [-0.15, -0.1) is 0 Å². The van der Waals surface area contributed by atoms with Gasteiger partial charge in [-0.3, -0.25) is 4.99 Å². The summed E-state index contributed by atoms with van der Waals surface area (Å²) in [6, 6.07) is 7.89. The van der Waals surface area contributed by atoms with Crippen LogP contribution >= 0.6 is 0 Å². The number of ether oxygens (including phenoxy) is 1. The lowest BCUT2D eigenvalue weighted by molar-refractivity contribution is 0.0175. The molecule has 1 aromatic heterocycles. The van der Waals surface area contributed by atoms with E-state index in [0.29, 0.717) is 16.8 Å². The summed E-state index contributed by atoms with van der Waals surface area (Å²) in [5.74, 6) is 3.30. The van der Waals surface area contributed by atoms with E-state index in [4.69, 9.17) is 10.6 Å². The quantitative estimate of drug-likeness (QED) is 0.383. The number of aliphatic imine (C=N–C) groups is 1. The second kappa shape index (κ2) is 9.36. The fraction of sp³-hybridized carbons (Fsp3) is 0.455. The lowest BCUT2D eigenvalue weighted by atomic mass is 9.87. The Morgan fingerprint density at radius 1 is 1.39 bits per heavy atom. The largest absolute Gasteiger partial charge is 0.457 e. The zero-order valence-corrected chi connectivity index (χ0v) is 18.1. The van der Waals surface area contributed by atoms with Gasteiger partial charge in [-0.1, -0.05) is 26.0 Å². The zero-order chi connectivity index (χ0) is 22.5. The average Bonchev–Trinajstić information content (AvgIpc) is 3.16. The van der Waals surface area contributed by atoms with E-state index in [0.717, 1.165) is 38.7 Å². The summed E-state index contributed by atoms with van der Waals surface area (Å²) in [7, 11) is 0. The summed E-state index contributed by atoms with van der Waals surface area (Å²) >= 11 is 0. The van der Waals surface area contributed by atoms with Crippen molar-refractivity contribution in [2.45, 2.75) is 39.5 Å². The number of rotatable bonds is 8. The van der Waals surface area contributed by atoms with Gasteiger partial charge in [-0.25, -0.2) is 13.8 Å². The van der Waals surface area contributed by atoms with Gasteiger partial charge < -0.3 is 15.5 Å². The molecule has 2 heterocycles. The monoisotopic (exact) mass is 430 g/mol. The van der Waals surface area contributed by atoms with Crippen molar-refractivity contribution in [3.63, 3.8) is 0 Å². The Morgan fingerprint density at radius 3 is 2.87 bits per heavy atom. The van der Waals surface area contributed by atoms with E-state index in [1.54, 1.807) is 12.3 Å². The molecule has 9 heteroatoms. The highest BCUT2D eigenvalue weighted by Crippen LogP contribution is 2.35. The first-order valence-corrected chi connectivity index (χ1v) is 10.2. The number of aromatic nitrogens is 2. The van der Waals surface area contributed by atoms with E-state index < -0.39 is 5.92 Å². The second-order valence-electron chi connectivity index (χ2n) is 8.14. The van der Waals surface area contributed by atoms with E-state index in [1.165, 1.54) is 24.4 Å². The molecule has 0 aliphatic carbocycles. The number of alkyl halides is 2. The Balaban J connectivity index is 1.62. The molecule has 3 rings (SSSR count). The van der Waals surface area contributed by atoms with Gasteiger partial charge in [0, 0.05) is 31.8 Å². The predicted octanol–water partition coefficient (Wildman–Crippen LogP) is 4.31. The second-order valence-corrected chi connectivity index (χ2v) is 8.14. The van der Waals surface area contributed by atoms with E-state index in [1.807, 2.05) is 6.07 Å². The molecule has 1 atom stereocenters. The fourth-order valence-corrected chi connectivity index (χ4v) is 3.34. The van der Waals surface area contributed by atoms with Crippen molar-refractivity contribution >= 4 is 23.4 Å². The molecular weight excluding hydrogens is 402 g/mol. The number of nitrogens with zero attached hydrogens (tertiary/aromatic N) is 5. The summed E-state index contributed by atoms with van der Waals surface area (Å²) in [4.78, 5) is 15.0. The van der Waals surface area contributed by atoms with Gasteiger partial charge in [0.05, 0.1) is 11.9 Å². The molecule has 0 bridgehead atoms. The number of hydrogen-bond donors (Lipinski definition) is 1. The fourth-order valence-electron chi connectivity index (χ4n) is 3.34. The summed E-state index contributed by atoms with van der Waals surface area (Å²) in [5.41, 5.74) is 0.866. The van der Waals surface area contributed by atoms with Crippen LogP contribution in [0, 0.1) is 5.41 Å². The van der Waals surface area contributed by atoms with Crippen LogP contribution in [0.25, 0.3) is 0 Å². The van der Waals surface area contributed by atoms with Crippen molar-refractivity contribution in [2.24, 2.45) is 21.4 Å².